The van der Waals surface area contributed by atoms with E-state index in [1.807, 2.05) is 13.8 Å². The highest BCUT2D eigenvalue weighted by Gasteiger charge is 2.33. The van der Waals surface area contributed by atoms with Crippen LogP contribution in [-0.4, -0.2) is 47.1 Å². The summed E-state index contributed by atoms with van der Waals surface area (Å²) >= 11 is 0. The molecule has 5 nitrogen and oxygen atoms in total. The van der Waals surface area contributed by atoms with Crippen molar-refractivity contribution in [2.24, 2.45) is 5.92 Å². The fourth-order valence-corrected chi connectivity index (χ4v) is 2.52. The van der Waals surface area contributed by atoms with Crippen LogP contribution < -0.4 is 5.32 Å². The van der Waals surface area contributed by atoms with Gasteiger partial charge >= 0.3 is 0 Å². The van der Waals surface area contributed by atoms with Gasteiger partial charge in [-0.3, -0.25) is 9.59 Å². The maximum atomic E-state index is 13.7. The van der Waals surface area contributed by atoms with Crippen molar-refractivity contribution < 1.29 is 19.1 Å². The molecule has 0 aliphatic carbocycles. The number of benzene rings is 1. The molecule has 1 saturated heterocycles. The molecule has 1 fully saturated rings. The van der Waals surface area contributed by atoms with E-state index in [1.165, 1.54) is 23.1 Å². The highest BCUT2D eigenvalue weighted by molar-refractivity contribution is 5.97. The van der Waals surface area contributed by atoms with Crippen molar-refractivity contribution in [2.75, 3.05) is 13.1 Å². The lowest BCUT2D eigenvalue weighted by Crippen LogP contribution is -2.51. The molecule has 1 aromatic rings. The van der Waals surface area contributed by atoms with E-state index in [0.717, 1.165) is 0 Å². The molecule has 0 bridgehead atoms. The molecule has 2 N–H and O–H groups in total. The van der Waals surface area contributed by atoms with Crippen molar-refractivity contribution in [1.29, 1.82) is 0 Å². The molecule has 0 aromatic heterocycles. The lowest BCUT2D eigenvalue weighted by molar-refractivity contribution is -0.133. The first-order valence-electron chi connectivity index (χ1n) is 7.42. The standard InChI is InChI=1S/C16H21FN2O3/c1-10(2)14(16(22)19-8-7-11(20)9-19)18-15(21)12-5-3-4-6-13(12)17/h3-6,10-11,14,20H,7-9H2,1-2H3,(H,18,21)/t11-,14?/m1/s1. The average Bonchev–Trinajstić information content (AvgIpc) is 2.90. The molecule has 0 radical (unpaired) electrons. The molecular weight excluding hydrogens is 287 g/mol. The first kappa shape index (κ1) is 16.4. The van der Waals surface area contributed by atoms with Crippen LogP contribution in [0.25, 0.3) is 0 Å². The van der Waals surface area contributed by atoms with Crippen molar-refractivity contribution in [2.45, 2.75) is 32.4 Å². The molecular formula is C16H21FN2O3. The van der Waals surface area contributed by atoms with E-state index >= 15 is 0 Å². The zero-order valence-electron chi connectivity index (χ0n) is 12.8. The van der Waals surface area contributed by atoms with E-state index in [1.54, 1.807) is 6.07 Å². The van der Waals surface area contributed by atoms with Gasteiger partial charge in [-0.1, -0.05) is 26.0 Å². The summed E-state index contributed by atoms with van der Waals surface area (Å²) in [6.45, 7) is 4.38. The molecule has 22 heavy (non-hydrogen) atoms. The van der Waals surface area contributed by atoms with Crippen LogP contribution in [-0.2, 0) is 4.79 Å². The maximum absolute atomic E-state index is 13.7. The van der Waals surface area contributed by atoms with E-state index in [2.05, 4.69) is 5.32 Å². The highest BCUT2D eigenvalue weighted by Crippen LogP contribution is 2.15. The number of nitrogens with one attached hydrogen (secondary N) is 1. The summed E-state index contributed by atoms with van der Waals surface area (Å²) in [7, 11) is 0. The summed E-state index contributed by atoms with van der Waals surface area (Å²) in [6.07, 6.45) is 0.0247. The number of β-amino-alcohol motifs (C(OH)–C–C–N with tert-alkyl or cyclic N) is 1. The lowest BCUT2D eigenvalue weighted by atomic mass is 10.0. The van der Waals surface area contributed by atoms with Crippen molar-refractivity contribution in [1.82, 2.24) is 10.2 Å². The van der Waals surface area contributed by atoms with Crippen LogP contribution in [0.15, 0.2) is 24.3 Å². The third kappa shape index (κ3) is 3.62. The molecule has 0 saturated carbocycles. The van der Waals surface area contributed by atoms with E-state index in [9.17, 15) is 19.1 Å². The molecule has 1 aliphatic rings. The van der Waals surface area contributed by atoms with Gasteiger partial charge in [0.2, 0.25) is 5.91 Å². The molecule has 1 aromatic carbocycles. The van der Waals surface area contributed by atoms with Gasteiger partial charge in [0.15, 0.2) is 0 Å². The number of likely N-dealkylation sites (tertiary alicyclic amines) is 1. The third-order valence-electron chi connectivity index (χ3n) is 3.81. The number of rotatable bonds is 4. The van der Waals surface area contributed by atoms with Gasteiger partial charge in [0.1, 0.15) is 11.9 Å². The second-order valence-corrected chi connectivity index (χ2v) is 5.90. The highest BCUT2D eigenvalue weighted by atomic mass is 19.1. The van der Waals surface area contributed by atoms with Crippen LogP contribution in [0.1, 0.15) is 30.6 Å². The first-order chi connectivity index (χ1) is 10.4. The van der Waals surface area contributed by atoms with Gasteiger partial charge in [-0.2, -0.15) is 0 Å². The smallest absolute Gasteiger partial charge is 0.254 e. The molecule has 0 spiro atoms. The van der Waals surface area contributed by atoms with Crippen molar-refractivity contribution in [3.8, 4) is 0 Å². The average molecular weight is 308 g/mol. The zero-order valence-corrected chi connectivity index (χ0v) is 12.8. The molecule has 120 valence electrons. The number of aliphatic hydroxyl groups is 1. The molecule has 2 atom stereocenters. The van der Waals surface area contributed by atoms with Gasteiger partial charge in [-0.15, -0.1) is 0 Å². The van der Waals surface area contributed by atoms with Crippen molar-refractivity contribution in [3.05, 3.63) is 35.6 Å². The van der Waals surface area contributed by atoms with Crippen LogP contribution in [0.5, 0.6) is 0 Å². The van der Waals surface area contributed by atoms with E-state index in [0.29, 0.717) is 13.0 Å². The molecule has 2 amide bonds. The number of hydrogen-bond acceptors (Lipinski definition) is 3. The molecule has 2 rings (SSSR count). The van der Waals surface area contributed by atoms with E-state index in [4.69, 9.17) is 0 Å². The Kier molecular flexibility index (Phi) is 5.13. The summed E-state index contributed by atoms with van der Waals surface area (Å²) in [4.78, 5) is 26.2. The molecule has 1 heterocycles. The fourth-order valence-electron chi connectivity index (χ4n) is 2.52. The minimum absolute atomic E-state index is 0.0811. The van der Waals surface area contributed by atoms with Gasteiger partial charge in [0, 0.05) is 13.1 Å². The second kappa shape index (κ2) is 6.87. The minimum atomic E-state index is -0.739. The Balaban J connectivity index is 2.10. The molecule has 6 heteroatoms. The number of halogens is 1. The predicted molar refractivity (Wildman–Crippen MR) is 79.7 cm³/mol. The van der Waals surface area contributed by atoms with Crippen LogP contribution >= 0.6 is 0 Å². The topological polar surface area (TPSA) is 69.6 Å². The first-order valence-corrected chi connectivity index (χ1v) is 7.42. The normalized spacial score (nSPS) is 19.3. The van der Waals surface area contributed by atoms with Crippen LogP contribution in [0.4, 0.5) is 4.39 Å². The largest absolute Gasteiger partial charge is 0.391 e. The Hall–Kier alpha value is -1.95. The lowest BCUT2D eigenvalue weighted by Gasteiger charge is -2.26. The summed E-state index contributed by atoms with van der Waals surface area (Å²) in [5.41, 5.74) is -0.0811. The van der Waals surface area contributed by atoms with Crippen LogP contribution in [0, 0.1) is 11.7 Å². The van der Waals surface area contributed by atoms with Gasteiger partial charge in [0.25, 0.3) is 5.91 Å². The number of amides is 2. The Labute approximate surface area is 129 Å². The Bertz CT molecular complexity index is 562. The monoisotopic (exact) mass is 308 g/mol. The van der Waals surface area contributed by atoms with Crippen LogP contribution in [0.3, 0.4) is 0 Å². The Morgan fingerprint density at radius 2 is 2.05 bits per heavy atom. The van der Waals surface area contributed by atoms with Gasteiger partial charge in [-0.25, -0.2) is 4.39 Å². The number of nitrogens with zero attached hydrogens (tertiary/aromatic N) is 1. The molecule has 1 unspecified atom stereocenters. The SMILES string of the molecule is CC(C)C(NC(=O)c1ccccc1F)C(=O)N1CC[C@@H](O)C1. The minimum Gasteiger partial charge on any atom is -0.391 e. The van der Waals surface area contributed by atoms with Gasteiger partial charge in [-0.05, 0) is 24.5 Å². The van der Waals surface area contributed by atoms with E-state index < -0.39 is 23.9 Å². The third-order valence-corrected chi connectivity index (χ3v) is 3.81. The summed E-state index contributed by atoms with van der Waals surface area (Å²) < 4.78 is 13.7. The van der Waals surface area contributed by atoms with E-state index in [-0.39, 0.29) is 23.9 Å². The Morgan fingerprint density at radius 1 is 1.36 bits per heavy atom. The quantitative estimate of drug-likeness (QED) is 0.877. The fraction of sp³-hybridized carbons (Fsp3) is 0.500. The van der Waals surface area contributed by atoms with Gasteiger partial charge in [0.05, 0.1) is 11.7 Å². The Morgan fingerprint density at radius 3 is 2.59 bits per heavy atom. The zero-order chi connectivity index (χ0) is 16.3. The molecule has 1 aliphatic heterocycles. The number of carbonyl (C=O) groups is 2. The summed E-state index contributed by atoms with van der Waals surface area (Å²) in [5.74, 6) is -1.60. The second-order valence-electron chi connectivity index (χ2n) is 5.90. The maximum Gasteiger partial charge on any atom is 0.254 e. The number of carbonyl (C=O) groups excluding carboxylic acids is 2. The summed E-state index contributed by atoms with van der Waals surface area (Å²) in [5, 5.41) is 12.1. The van der Waals surface area contributed by atoms with Gasteiger partial charge < -0.3 is 15.3 Å². The van der Waals surface area contributed by atoms with Crippen molar-refractivity contribution in [3.63, 3.8) is 0 Å². The summed E-state index contributed by atoms with van der Waals surface area (Å²) in [6, 6.07) is 4.92. The number of hydrogen-bond donors (Lipinski definition) is 2. The van der Waals surface area contributed by atoms with Crippen molar-refractivity contribution >= 4 is 11.8 Å². The predicted octanol–water partition coefficient (Wildman–Crippen LogP) is 1.17. The van der Waals surface area contributed by atoms with Crippen LogP contribution in [0.2, 0.25) is 0 Å². The number of aliphatic hydroxyl groups excluding tert-OH is 1.